The molecule has 0 fully saturated rings. The molecule has 1 aromatic heterocycles. The van der Waals surface area contributed by atoms with Crippen molar-refractivity contribution in [2.24, 2.45) is 0 Å². The average molecular weight is 350 g/mol. The lowest BCUT2D eigenvalue weighted by molar-refractivity contribution is 0.920. The van der Waals surface area contributed by atoms with Gasteiger partial charge in [0.25, 0.3) is 0 Å². The zero-order valence-corrected chi connectivity index (χ0v) is 15.8. The van der Waals surface area contributed by atoms with E-state index in [1.807, 2.05) is 16.7 Å². The highest BCUT2D eigenvalue weighted by Crippen LogP contribution is 2.28. The van der Waals surface area contributed by atoms with Gasteiger partial charge in [0.1, 0.15) is 0 Å². The summed E-state index contributed by atoms with van der Waals surface area (Å²) in [5.74, 6) is 0.852. The number of aryl methyl sites for hydroxylation is 2. The molecule has 1 heterocycles. The summed E-state index contributed by atoms with van der Waals surface area (Å²) in [4.78, 5) is 0. The summed E-state index contributed by atoms with van der Waals surface area (Å²) in [6.45, 7) is 10.3. The third-order valence-corrected chi connectivity index (χ3v) is 4.84. The normalized spacial score (nSPS) is 10.8. The Kier molecular flexibility index (Phi) is 5.00. The van der Waals surface area contributed by atoms with Crippen molar-refractivity contribution in [1.29, 1.82) is 0 Å². The van der Waals surface area contributed by atoms with E-state index in [2.05, 4.69) is 67.9 Å². The predicted octanol–water partition coefficient (Wildman–Crippen LogP) is 5.81. The van der Waals surface area contributed by atoms with Crippen LogP contribution >= 0.6 is 12.2 Å². The number of rotatable bonds is 5. The van der Waals surface area contributed by atoms with Gasteiger partial charge in [0.05, 0.1) is 5.69 Å². The van der Waals surface area contributed by atoms with Gasteiger partial charge in [-0.25, -0.2) is 0 Å². The quantitative estimate of drug-likeness (QED) is 0.590. The number of hydrogen-bond donors (Lipinski definition) is 1. The van der Waals surface area contributed by atoms with Crippen molar-refractivity contribution in [3.05, 3.63) is 70.0 Å². The molecule has 0 amide bonds. The number of benzene rings is 2. The van der Waals surface area contributed by atoms with Gasteiger partial charge in [0, 0.05) is 5.56 Å². The summed E-state index contributed by atoms with van der Waals surface area (Å²) < 4.78 is 2.62. The zero-order chi connectivity index (χ0) is 18.0. The van der Waals surface area contributed by atoms with Gasteiger partial charge in [-0.2, -0.15) is 5.10 Å². The minimum absolute atomic E-state index is 0.597. The van der Waals surface area contributed by atoms with E-state index < -0.39 is 0 Å². The largest absolute Gasteiger partial charge is 0.268 e. The minimum atomic E-state index is 0.597. The lowest BCUT2D eigenvalue weighted by Gasteiger charge is -2.14. The van der Waals surface area contributed by atoms with Gasteiger partial charge in [-0.15, -0.1) is 0 Å². The summed E-state index contributed by atoms with van der Waals surface area (Å²) in [6.07, 6.45) is 4.05. The van der Waals surface area contributed by atoms with Gasteiger partial charge in [0.15, 0.2) is 10.6 Å². The third kappa shape index (κ3) is 3.22. The summed E-state index contributed by atoms with van der Waals surface area (Å²) in [5.41, 5.74) is 6.89. The molecule has 0 radical (unpaired) electrons. The second-order valence-corrected chi connectivity index (χ2v) is 6.67. The molecule has 0 aliphatic heterocycles. The van der Waals surface area contributed by atoms with Crippen molar-refractivity contribution in [2.75, 3.05) is 0 Å². The Morgan fingerprint density at radius 3 is 2.76 bits per heavy atom. The summed E-state index contributed by atoms with van der Waals surface area (Å²) in [6, 6.07) is 12.7. The highest BCUT2D eigenvalue weighted by Gasteiger charge is 2.15. The van der Waals surface area contributed by atoms with Crippen LogP contribution in [-0.2, 0) is 6.42 Å². The molecule has 25 heavy (non-hydrogen) atoms. The van der Waals surface area contributed by atoms with Crippen LogP contribution in [0.5, 0.6) is 0 Å². The summed E-state index contributed by atoms with van der Waals surface area (Å²) in [5, 5.41) is 7.51. The Bertz CT molecular complexity index is 979. The number of aromatic amines is 1. The highest BCUT2D eigenvalue weighted by atomic mass is 32.1. The molecule has 2 aromatic carbocycles. The van der Waals surface area contributed by atoms with Gasteiger partial charge in [-0.05, 0) is 66.9 Å². The monoisotopic (exact) mass is 349 g/mol. The van der Waals surface area contributed by atoms with Crippen molar-refractivity contribution in [3.63, 3.8) is 0 Å². The highest BCUT2D eigenvalue weighted by molar-refractivity contribution is 7.71. The molecular formula is C21H23N3S. The number of nitrogens with zero attached hydrogens (tertiary/aromatic N) is 2. The van der Waals surface area contributed by atoms with Crippen LogP contribution in [0.15, 0.2) is 43.0 Å². The molecule has 128 valence electrons. The molecule has 0 saturated heterocycles. The van der Waals surface area contributed by atoms with E-state index in [4.69, 9.17) is 12.2 Å². The fraction of sp³-hybridized carbons (Fsp3) is 0.238. The maximum absolute atomic E-state index is 5.54. The van der Waals surface area contributed by atoms with Crippen LogP contribution in [0, 0.1) is 18.6 Å². The first-order chi connectivity index (χ1) is 12.1. The van der Waals surface area contributed by atoms with Gasteiger partial charge in [0.2, 0.25) is 0 Å². The van der Waals surface area contributed by atoms with Crippen molar-refractivity contribution < 1.29 is 0 Å². The molecule has 0 aliphatic carbocycles. The van der Waals surface area contributed by atoms with Crippen LogP contribution in [0.3, 0.4) is 0 Å². The fourth-order valence-corrected chi connectivity index (χ4v) is 3.39. The topological polar surface area (TPSA) is 33.6 Å². The summed E-state index contributed by atoms with van der Waals surface area (Å²) in [7, 11) is 0. The van der Waals surface area contributed by atoms with Crippen LogP contribution in [-0.4, -0.2) is 14.8 Å². The Balaban J connectivity index is 2.24. The van der Waals surface area contributed by atoms with E-state index in [9.17, 15) is 0 Å². The van der Waals surface area contributed by atoms with Crippen molar-refractivity contribution in [3.8, 4) is 17.1 Å². The van der Waals surface area contributed by atoms with E-state index in [-0.39, 0.29) is 0 Å². The average Bonchev–Trinajstić information content (AvgIpc) is 2.98. The molecule has 0 spiro atoms. The number of hydrogen-bond acceptors (Lipinski definition) is 2. The number of nitrogens with one attached hydrogen (secondary N) is 1. The standard InChI is InChI=1S/C21H23N3S/c1-5-8-16-12-11-14(3)18(13-16)20-22-23-21(25)24(20)19-10-7-9-17(6-2)15(19)4/h6-7,9-13H,2,5,8H2,1,3-4H3,(H,23,25). The molecule has 0 atom stereocenters. The lowest BCUT2D eigenvalue weighted by Crippen LogP contribution is -2.02. The molecular weight excluding hydrogens is 326 g/mol. The van der Waals surface area contributed by atoms with E-state index >= 15 is 0 Å². The van der Waals surface area contributed by atoms with E-state index in [1.54, 1.807) is 0 Å². The third-order valence-electron chi connectivity index (χ3n) is 4.56. The molecule has 1 N–H and O–H groups in total. The van der Waals surface area contributed by atoms with Crippen LogP contribution < -0.4 is 0 Å². The molecule has 4 heteroatoms. The first-order valence-corrected chi connectivity index (χ1v) is 8.97. The molecule has 3 aromatic rings. The van der Waals surface area contributed by atoms with E-state index in [0.717, 1.165) is 41.0 Å². The van der Waals surface area contributed by atoms with Gasteiger partial charge < -0.3 is 0 Å². The molecule has 0 unspecified atom stereocenters. The van der Waals surface area contributed by atoms with Crippen LogP contribution in [0.4, 0.5) is 0 Å². The van der Waals surface area contributed by atoms with Crippen molar-refractivity contribution >= 4 is 18.3 Å². The Hall–Kier alpha value is -2.46. The molecule has 0 bridgehead atoms. The number of H-pyrrole nitrogens is 1. The molecule has 3 rings (SSSR count). The first kappa shape index (κ1) is 17.4. The van der Waals surface area contributed by atoms with Gasteiger partial charge >= 0.3 is 0 Å². The lowest BCUT2D eigenvalue weighted by atomic mass is 10.0. The Labute approximate surface area is 154 Å². The van der Waals surface area contributed by atoms with Gasteiger partial charge in [-0.3, -0.25) is 9.67 Å². The van der Waals surface area contributed by atoms with Crippen molar-refractivity contribution in [1.82, 2.24) is 14.8 Å². The van der Waals surface area contributed by atoms with Crippen LogP contribution in [0.2, 0.25) is 0 Å². The Morgan fingerprint density at radius 2 is 2.04 bits per heavy atom. The molecule has 0 saturated carbocycles. The number of aromatic nitrogens is 3. The van der Waals surface area contributed by atoms with Crippen LogP contribution in [0.1, 0.15) is 35.6 Å². The fourth-order valence-electron chi connectivity index (χ4n) is 3.16. The second-order valence-electron chi connectivity index (χ2n) is 6.28. The smallest absolute Gasteiger partial charge is 0.200 e. The Morgan fingerprint density at radius 1 is 1.24 bits per heavy atom. The molecule has 0 aliphatic rings. The molecule has 3 nitrogen and oxygen atoms in total. The maximum Gasteiger partial charge on any atom is 0.200 e. The first-order valence-electron chi connectivity index (χ1n) is 8.56. The second kappa shape index (κ2) is 7.19. The van der Waals surface area contributed by atoms with E-state index in [0.29, 0.717) is 4.77 Å². The van der Waals surface area contributed by atoms with E-state index in [1.165, 1.54) is 11.1 Å². The van der Waals surface area contributed by atoms with Gasteiger partial charge in [-0.1, -0.05) is 50.3 Å². The van der Waals surface area contributed by atoms with Crippen molar-refractivity contribution in [2.45, 2.75) is 33.6 Å². The summed E-state index contributed by atoms with van der Waals surface area (Å²) >= 11 is 5.54. The van der Waals surface area contributed by atoms with Crippen LogP contribution in [0.25, 0.3) is 23.2 Å². The maximum atomic E-state index is 5.54. The predicted molar refractivity (Wildman–Crippen MR) is 108 cm³/mol. The SMILES string of the molecule is C=Cc1cccc(-n2c(-c3cc(CCC)ccc3C)n[nH]c2=S)c1C. The minimum Gasteiger partial charge on any atom is -0.268 e. The zero-order valence-electron chi connectivity index (χ0n) is 15.0.